The summed E-state index contributed by atoms with van der Waals surface area (Å²) in [6.07, 6.45) is 1.58. The van der Waals surface area contributed by atoms with Gasteiger partial charge in [0, 0.05) is 23.6 Å². The molecule has 2 N–H and O–H groups in total. The lowest BCUT2D eigenvalue weighted by Gasteiger charge is -2.22. The highest BCUT2D eigenvalue weighted by Crippen LogP contribution is 2.29. The Labute approximate surface area is 152 Å². The first-order valence-corrected chi connectivity index (χ1v) is 8.40. The standard InChI is InChI=1S/C20H22N4O2/c1-13-11-18(24-26-13)22-14-9-10-21-17(12-14)19(25)23-16-8-6-5-7-15(16)20(2,3)4/h5-12H,1-4H3,(H,23,25)(H,21,22,24). The molecular formula is C20H22N4O2. The predicted octanol–water partition coefficient (Wildman–Crippen LogP) is 4.67. The number of hydrogen-bond acceptors (Lipinski definition) is 5. The van der Waals surface area contributed by atoms with Crippen molar-refractivity contribution < 1.29 is 9.32 Å². The predicted molar refractivity (Wildman–Crippen MR) is 102 cm³/mol. The van der Waals surface area contributed by atoms with Gasteiger partial charge >= 0.3 is 0 Å². The van der Waals surface area contributed by atoms with E-state index in [1.807, 2.05) is 31.2 Å². The Kier molecular flexibility index (Phi) is 4.75. The molecule has 0 radical (unpaired) electrons. The fourth-order valence-electron chi connectivity index (χ4n) is 2.64. The summed E-state index contributed by atoms with van der Waals surface area (Å²) in [7, 11) is 0. The molecule has 1 aromatic carbocycles. The van der Waals surface area contributed by atoms with Gasteiger partial charge in [-0.2, -0.15) is 0 Å². The molecule has 0 bridgehead atoms. The molecule has 0 aliphatic carbocycles. The first-order valence-electron chi connectivity index (χ1n) is 8.40. The van der Waals surface area contributed by atoms with Crippen LogP contribution in [0.25, 0.3) is 0 Å². The lowest BCUT2D eigenvalue weighted by Crippen LogP contribution is -2.19. The van der Waals surface area contributed by atoms with Gasteiger partial charge in [0.05, 0.1) is 0 Å². The summed E-state index contributed by atoms with van der Waals surface area (Å²) in [6, 6.07) is 13.0. The van der Waals surface area contributed by atoms with Gasteiger partial charge in [0.2, 0.25) is 0 Å². The van der Waals surface area contributed by atoms with Crippen molar-refractivity contribution in [3.63, 3.8) is 0 Å². The first kappa shape index (κ1) is 17.7. The number of aromatic nitrogens is 2. The van der Waals surface area contributed by atoms with E-state index in [2.05, 4.69) is 41.5 Å². The number of carbonyl (C=O) groups excluding carboxylic acids is 1. The molecule has 0 atom stereocenters. The van der Waals surface area contributed by atoms with E-state index >= 15 is 0 Å². The third kappa shape index (κ3) is 4.08. The maximum Gasteiger partial charge on any atom is 0.274 e. The van der Waals surface area contributed by atoms with Crippen LogP contribution in [0.5, 0.6) is 0 Å². The SMILES string of the molecule is Cc1cc(Nc2ccnc(C(=O)Nc3ccccc3C(C)(C)C)c2)no1. The number of nitrogens with zero attached hydrogens (tertiary/aromatic N) is 2. The molecule has 1 amide bonds. The molecular weight excluding hydrogens is 328 g/mol. The third-order valence-electron chi connectivity index (χ3n) is 3.88. The van der Waals surface area contributed by atoms with E-state index in [9.17, 15) is 4.79 Å². The van der Waals surface area contributed by atoms with Crippen molar-refractivity contribution in [2.45, 2.75) is 33.1 Å². The Balaban J connectivity index is 1.80. The summed E-state index contributed by atoms with van der Waals surface area (Å²) in [5.41, 5.74) is 2.81. The van der Waals surface area contributed by atoms with Gasteiger partial charge in [-0.3, -0.25) is 9.78 Å². The Morgan fingerprint density at radius 1 is 1.12 bits per heavy atom. The van der Waals surface area contributed by atoms with Gasteiger partial charge < -0.3 is 15.2 Å². The summed E-state index contributed by atoms with van der Waals surface area (Å²) < 4.78 is 5.03. The van der Waals surface area contributed by atoms with Gasteiger partial charge in [0.1, 0.15) is 11.5 Å². The van der Waals surface area contributed by atoms with E-state index in [-0.39, 0.29) is 11.3 Å². The molecule has 0 spiro atoms. The van der Waals surface area contributed by atoms with E-state index < -0.39 is 0 Å². The maximum absolute atomic E-state index is 12.7. The summed E-state index contributed by atoms with van der Waals surface area (Å²) in [4.78, 5) is 16.8. The summed E-state index contributed by atoms with van der Waals surface area (Å²) in [6.45, 7) is 8.15. The molecule has 6 nitrogen and oxygen atoms in total. The van der Waals surface area contributed by atoms with Crippen molar-refractivity contribution in [1.82, 2.24) is 10.1 Å². The van der Waals surface area contributed by atoms with Crippen molar-refractivity contribution in [2.24, 2.45) is 0 Å². The van der Waals surface area contributed by atoms with Crippen LogP contribution in [0.1, 0.15) is 42.6 Å². The highest BCUT2D eigenvalue weighted by molar-refractivity contribution is 6.03. The maximum atomic E-state index is 12.7. The van der Waals surface area contributed by atoms with Gasteiger partial charge in [0.25, 0.3) is 5.91 Å². The molecule has 134 valence electrons. The zero-order chi connectivity index (χ0) is 18.7. The van der Waals surface area contributed by atoms with E-state index in [0.717, 1.165) is 11.3 Å². The molecule has 0 unspecified atom stereocenters. The topological polar surface area (TPSA) is 80.0 Å². The normalized spacial score (nSPS) is 11.2. The highest BCUT2D eigenvalue weighted by Gasteiger charge is 2.19. The fourth-order valence-corrected chi connectivity index (χ4v) is 2.64. The number of para-hydroxylation sites is 1. The van der Waals surface area contributed by atoms with Gasteiger partial charge in [-0.15, -0.1) is 0 Å². The third-order valence-corrected chi connectivity index (χ3v) is 3.88. The number of rotatable bonds is 4. The fraction of sp³-hybridized carbons (Fsp3) is 0.250. The van der Waals surface area contributed by atoms with Crippen molar-refractivity contribution >= 4 is 23.1 Å². The van der Waals surface area contributed by atoms with E-state index in [0.29, 0.717) is 23.0 Å². The lowest BCUT2D eigenvalue weighted by atomic mass is 9.86. The Hall–Kier alpha value is -3.15. The van der Waals surface area contributed by atoms with Crippen molar-refractivity contribution in [3.05, 3.63) is 65.7 Å². The Bertz CT molecular complexity index is 925. The molecule has 2 heterocycles. The van der Waals surface area contributed by atoms with Crippen molar-refractivity contribution in [2.75, 3.05) is 10.6 Å². The van der Waals surface area contributed by atoms with Crippen LogP contribution in [0.15, 0.2) is 53.2 Å². The summed E-state index contributed by atoms with van der Waals surface area (Å²) in [5.74, 6) is 1.03. The second-order valence-corrected chi connectivity index (χ2v) is 7.13. The van der Waals surface area contributed by atoms with Gasteiger partial charge in [-0.1, -0.05) is 44.1 Å². The highest BCUT2D eigenvalue weighted by atomic mass is 16.5. The molecule has 0 fully saturated rings. The van der Waals surface area contributed by atoms with Gasteiger partial charge in [-0.05, 0) is 36.1 Å². The van der Waals surface area contributed by atoms with Crippen molar-refractivity contribution in [3.8, 4) is 0 Å². The average Bonchev–Trinajstić information content (AvgIpc) is 2.99. The van der Waals surface area contributed by atoms with Crippen LogP contribution in [0.3, 0.4) is 0 Å². The van der Waals surface area contributed by atoms with Gasteiger partial charge in [0.15, 0.2) is 5.82 Å². The smallest absolute Gasteiger partial charge is 0.274 e. The second kappa shape index (κ2) is 7.00. The molecule has 2 aromatic heterocycles. The van der Waals surface area contributed by atoms with Crippen LogP contribution in [-0.2, 0) is 5.41 Å². The number of benzene rings is 1. The van der Waals surface area contributed by atoms with Crippen LogP contribution in [0, 0.1) is 6.92 Å². The van der Waals surface area contributed by atoms with Crippen LogP contribution in [0.4, 0.5) is 17.2 Å². The monoisotopic (exact) mass is 350 g/mol. The number of anilines is 3. The van der Waals surface area contributed by atoms with Crippen LogP contribution >= 0.6 is 0 Å². The molecule has 0 saturated heterocycles. The number of aryl methyl sites for hydroxylation is 1. The first-order chi connectivity index (χ1) is 12.3. The minimum Gasteiger partial charge on any atom is -0.360 e. The van der Waals surface area contributed by atoms with Crippen LogP contribution in [-0.4, -0.2) is 16.0 Å². The Morgan fingerprint density at radius 2 is 1.88 bits per heavy atom. The largest absolute Gasteiger partial charge is 0.360 e. The average molecular weight is 350 g/mol. The number of nitrogens with one attached hydrogen (secondary N) is 2. The van der Waals surface area contributed by atoms with Crippen LogP contribution < -0.4 is 10.6 Å². The number of hydrogen-bond donors (Lipinski definition) is 2. The van der Waals surface area contributed by atoms with Crippen LogP contribution in [0.2, 0.25) is 0 Å². The molecule has 0 aliphatic heterocycles. The zero-order valence-electron chi connectivity index (χ0n) is 15.3. The summed E-state index contributed by atoms with van der Waals surface area (Å²) in [5, 5.41) is 9.94. The molecule has 0 saturated carbocycles. The van der Waals surface area contributed by atoms with E-state index in [4.69, 9.17) is 4.52 Å². The molecule has 6 heteroatoms. The molecule has 3 aromatic rings. The molecule has 26 heavy (non-hydrogen) atoms. The minimum atomic E-state index is -0.262. The molecule has 3 rings (SSSR count). The second-order valence-electron chi connectivity index (χ2n) is 7.13. The minimum absolute atomic E-state index is 0.0779. The quantitative estimate of drug-likeness (QED) is 0.714. The molecule has 0 aliphatic rings. The number of pyridine rings is 1. The number of carbonyl (C=O) groups is 1. The van der Waals surface area contributed by atoms with Crippen molar-refractivity contribution in [1.29, 1.82) is 0 Å². The van der Waals surface area contributed by atoms with E-state index in [1.54, 1.807) is 24.4 Å². The zero-order valence-corrected chi connectivity index (χ0v) is 15.3. The Morgan fingerprint density at radius 3 is 2.58 bits per heavy atom. The van der Waals surface area contributed by atoms with Gasteiger partial charge in [-0.25, -0.2) is 0 Å². The lowest BCUT2D eigenvalue weighted by molar-refractivity contribution is 0.102. The summed E-state index contributed by atoms with van der Waals surface area (Å²) >= 11 is 0. The number of amides is 1. The van der Waals surface area contributed by atoms with E-state index in [1.165, 1.54) is 0 Å².